The summed E-state index contributed by atoms with van der Waals surface area (Å²) < 4.78 is 5.51. The highest BCUT2D eigenvalue weighted by Gasteiger charge is 2.20. The summed E-state index contributed by atoms with van der Waals surface area (Å²) in [7, 11) is 0. The molecule has 0 aromatic heterocycles. The van der Waals surface area contributed by atoms with E-state index in [1.165, 1.54) is 308 Å². The molecule has 0 aliphatic heterocycles. The zero-order chi connectivity index (χ0) is 52.9. The van der Waals surface area contributed by atoms with Crippen molar-refractivity contribution >= 4 is 11.9 Å². The van der Waals surface area contributed by atoms with Gasteiger partial charge in [0.2, 0.25) is 5.91 Å². The summed E-state index contributed by atoms with van der Waals surface area (Å²) >= 11 is 0. The fourth-order valence-electron chi connectivity index (χ4n) is 10.7. The number of rotatable bonds is 63. The molecule has 2 unspecified atom stereocenters. The Hall–Kier alpha value is -1.40. The van der Waals surface area contributed by atoms with Crippen molar-refractivity contribution in [3.05, 3.63) is 12.2 Å². The average Bonchev–Trinajstić information content (AvgIpc) is 3.39. The van der Waals surface area contributed by atoms with Gasteiger partial charge in [0.15, 0.2) is 0 Å². The van der Waals surface area contributed by atoms with E-state index in [1.54, 1.807) is 0 Å². The van der Waals surface area contributed by atoms with E-state index in [1.807, 2.05) is 0 Å². The number of aliphatic hydroxyl groups is 2. The number of nitrogens with one attached hydrogen (secondary N) is 1. The second-order valence-electron chi connectivity index (χ2n) is 23.2. The highest BCUT2D eigenvalue weighted by Crippen LogP contribution is 2.19. The first-order valence-electron chi connectivity index (χ1n) is 33.4. The van der Waals surface area contributed by atoms with Crippen LogP contribution in [-0.2, 0) is 14.3 Å². The van der Waals surface area contributed by atoms with Gasteiger partial charge in [-0.2, -0.15) is 0 Å². The highest BCUT2D eigenvalue weighted by molar-refractivity contribution is 5.76. The molecule has 434 valence electrons. The quantitative estimate of drug-likeness (QED) is 0.0320. The van der Waals surface area contributed by atoms with Crippen LogP contribution in [0, 0.1) is 0 Å². The SMILES string of the molecule is CCCCCCCC/C=C\CCCCCCCCCCCC(=O)OCCCCCCCCCCCCCCCCCCCCCCCCCCCCCC(=O)NC(CO)C(O)CCCCCCCCCCCC. The lowest BCUT2D eigenvalue weighted by Gasteiger charge is -2.22. The minimum atomic E-state index is -0.660. The van der Waals surface area contributed by atoms with E-state index in [9.17, 15) is 19.8 Å². The Bertz CT molecular complexity index is 1100. The Morgan fingerprint density at radius 1 is 0.370 bits per heavy atom. The van der Waals surface area contributed by atoms with E-state index in [-0.39, 0.29) is 18.5 Å². The molecule has 6 heteroatoms. The van der Waals surface area contributed by atoms with Gasteiger partial charge in [0, 0.05) is 12.8 Å². The second kappa shape index (κ2) is 63.1. The van der Waals surface area contributed by atoms with Gasteiger partial charge in [-0.15, -0.1) is 0 Å². The van der Waals surface area contributed by atoms with Crippen LogP contribution in [0.1, 0.15) is 380 Å². The molecule has 0 aliphatic rings. The third-order valence-corrected chi connectivity index (χ3v) is 15.8. The summed E-state index contributed by atoms with van der Waals surface area (Å²) in [5.41, 5.74) is 0. The van der Waals surface area contributed by atoms with Gasteiger partial charge in [-0.25, -0.2) is 0 Å². The summed E-state index contributed by atoms with van der Waals surface area (Å²) in [5, 5.41) is 23.2. The van der Waals surface area contributed by atoms with Crippen LogP contribution >= 0.6 is 0 Å². The van der Waals surface area contributed by atoms with E-state index in [0.29, 0.717) is 25.9 Å². The maximum absolute atomic E-state index is 12.4. The third kappa shape index (κ3) is 59.7. The molecule has 73 heavy (non-hydrogen) atoms. The molecule has 0 saturated carbocycles. The molecule has 0 heterocycles. The number of carbonyl (C=O) groups is 2. The molecule has 0 aromatic carbocycles. The monoisotopic (exact) mass is 1030 g/mol. The number of carbonyl (C=O) groups excluding carboxylic acids is 2. The van der Waals surface area contributed by atoms with Crippen LogP contribution in [0.4, 0.5) is 0 Å². The summed E-state index contributed by atoms with van der Waals surface area (Å²) in [6, 6.07) is -0.537. The standard InChI is InChI=1S/C67H131NO5/c1-3-5-7-9-11-13-15-16-17-18-28-32-35-38-41-45-49-53-57-61-67(72)73-62-58-54-50-46-42-39-36-33-30-27-25-23-21-19-20-22-24-26-29-31-34-37-40-44-48-52-56-60-66(71)68-64(63-69)65(70)59-55-51-47-43-14-12-10-8-6-4-2/h16-17,64-65,69-70H,3-15,18-63H2,1-2H3,(H,68,71)/b17-16-. The molecule has 1 amide bonds. The Morgan fingerprint density at radius 2 is 0.644 bits per heavy atom. The molecular weight excluding hydrogens is 899 g/mol. The van der Waals surface area contributed by atoms with Crippen LogP contribution in [0.2, 0.25) is 0 Å². The number of allylic oxidation sites excluding steroid dienone is 2. The number of unbranched alkanes of at least 4 members (excludes halogenated alkanes) is 50. The summed E-state index contributed by atoms with van der Waals surface area (Å²) in [4.78, 5) is 24.5. The van der Waals surface area contributed by atoms with Crippen LogP contribution in [0.25, 0.3) is 0 Å². The van der Waals surface area contributed by atoms with Crippen molar-refractivity contribution in [1.82, 2.24) is 5.32 Å². The molecule has 0 aliphatic carbocycles. The number of esters is 1. The van der Waals surface area contributed by atoms with E-state index in [2.05, 4.69) is 31.3 Å². The number of hydrogen-bond acceptors (Lipinski definition) is 5. The van der Waals surface area contributed by atoms with Crippen molar-refractivity contribution in [2.24, 2.45) is 0 Å². The lowest BCUT2D eigenvalue weighted by molar-refractivity contribution is -0.143. The number of hydrogen-bond donors (Lipinski definition) is 3. The zero-order valence-corrected chi connectivity index (χ0v) is 49.6. The van der Waals surface area contributed by atoms with Gasteiger partial charge in [-0.3, -0.25) is 9.59 Å². The zero-order valence-electron chi connectivity index (χ0n) is 49.6. The molecule has 6 nitrogen and oxygen atoms in total. The van der Waals surface area contributed by atoms with Crippen molar-refractivity contribution in [1.29, 1.82) is 0 Å². The number of aliphatic hydroxyl groups excluding tert-OH is 2. The van der Waals surface area contributed by atoms with Gasteiger partial charge < -0.3 is 20.3 Å². The first kappa shape index (κ1) is 71.6. The summed E-state index contributed by atoms with van der Waals surface area (Å²) in [5.74, 6) is -0.0136. The first-order valence-corrected chi connectivity index (χ1v) is 33.4. The van der Waals surface area contributed by atoms with Crippen LogP contribution < -0.4 is 5.32 Å². The smallest absolute Gasteiger partial charge is 0.305 e. The largest absolute Gasteiger partial charge is 0.466 e. The van der Waals surface area contributed by atoms with Gasteiger partial charge in [-0.05, 0) is 51.4 Å². The van der Waals surface area contributed by atoms with Crippen LogP contribution in [-0.4, -0.2) is 47.4 Å². The normalized spacial score (nSPS) is 12.5. The molecule has 0 spiro atoms. The van der Waals surface area contributed by atoms with Crippen molar-refractivity contribution in [2.45, 2.75) is 392 Å². The fraction of sp³-hybridized carbons (Fsp3) is 0.940. The van der Waals surface area contributed by atoms with E-state index < -0.39 is 12.1 Å². The Morgan fingerprint density at radius 3 is 0.973 bits per heavy atom. The Balaban J connectivity index is 3.30. The van der Waals surface area contributed by atoms with E-state index in [0.717, 1.165) is 38.5 Å². The predicted octanol–water partition coefficient (Wildman–Crippen LogP) is 21.2. The predicted molar refractivity (Wildman–Crippen MR) is 320 cm³/mol. The van der Waals surface area contributed by atoms with Crippen LogP contribution in [0.15, 0.2) is 12.2 Å². The first-order chi connectivity index (χ1) is 36.0. The Kier molecular flexibility index (Phi) is 61.9. The summed E-state index contributed by atoms with van der Waals surface area (Å²) in [6.07, 6.45) is 76.9. The van der Waals surface area contributed by atoms with E-state index in [4.69, 9.17) is 4.74 Å². The van der Waals surface area contributed by atoms with Gasteiger partial charge in [-0.1, -0.05) is 328 Å². The minimum absolute atomic E-state index is 0.0184. The van der Waals surface area contributed by atoms with Gasteiger partial charge in [0.1, 0.15) is 0 Å². The highest BCUT2D eigenvalue weighted by atomic mass is 16.5. The Labute approximate surface area is 457 Å². The van der Waals surface area contributed by atoms with Crippen molar-refractivity contribution in [3.8, 4) is 0 Å². The molecular formula is C67H131NO5. The fourth-order valence-corrected chi connectivity index (χ4v) is 10.7. The molecule has 0 saturated heterocycles. The maximum atomic E-state index is 12.4. The molecule has 0 rings (SSSR count). The molecule has 0 bridgehead atoms. The topological polar surface area (TPSA) is 95.9 Å². The molecule has 2 atom stereocenters. The number of amides is 1. The van der Waals surface area contributed by atoms with Crippen molar-refractivity contribution in [3.63, 3.8) is 0 Å². The van der Waals surface area contributed by atoms with Crippen molar-refractivity contribution in [2.75, 3.05) is 13.2 Å². The molecule has 0 fully saturated rings. The van der Waals surface area contributed by atoms with Crippen LogP contribution in [0.3, 0.4) is 0 Å². The van der Waals surface area contributed by atoms with E-state index >= 15 is 0 Å². The minimum Gasteiger partial charge on any atom is -0.466 e. The maximum Gasteiger partial charge on any atom is 0.305 e. The third-order valence-electron chi connectivity index (χ3n) is 15.8. The number of ether oxygens (including phenoxy) is 1. The second-order valence-corrected chi connectivity index (χ2v) is 23.2. The molecule has 0 radical (unpaired) electrons. The van der Waals surface area contributed by atoms with Crippen molar-refractivity contribution < 1.29 is 24.5 Å². The van der Waals surface area contributed by atoms with Crippen LogP contribution in [0.5, 0.6) is 0 Å². The molecule has 0 aromatic rings. The lowest BCUT2D eigenvalue weighted by Crippen LogP contribution is -2.45. The summed E-state index contributed by atoms with van der Waals surface area (Å²) in [6.45, 7) is 4.96. The lowest BCUT2D eigenvalue weighted by atomic mass is 10.0. The van der Waals surface area contributed by atoms with Gasteiger partial charge >= 0.3 is 5.97 Å². The van der Waals surface area contributed by atoms with Gasteiger partial charge in [0.25, 0.3) is 0 Å². The average molecular weight is 1030 g/mol. The molecule has 3 N–H and O–H groups in total. The van der Waals surface area contributed by atoms with Gasteiger partial charge in [0.05, 0.1) is 25.4 Å².